The predicted octanol–water partition coefficient (Wildman–Crippen LogP) is 0.712. The van der Waals surface area contributed by atoms with Gasteiger partial charge in [-0.1, -0.05) is 15.9 Å². The first-order chi connectivity index (χ1) is 7.05. The Bertz CT molecular complexity index is 315. The monoisotopic (exact) mass is 297 g/mol. The molecule has 1 atom stereocenters. The zero-order valence-corrected chi connectivity index (χ0v) is 10.9. The summed E-state index contributed by atoms with van der Waals surface area (Å²) >= 11 is 3.31. The molecular weight excluding hydrogens is 282 g/mol. The molecule has 1 unspecified atom stereocenters. The Hall–Kier alpha value is -0.100. The molecule has 0 aromatic heterocycles. The van der Waals surface area contributed by atoms with Crippen molar-refractivity contribution in [2.24, 2.45) is 5.92 Å². The van der Waals surface area contributed by atoms with Crippen LogP contribution in [-0.2, 0) is 14.6 Å². The van der Waals surface area contributed by atoms with Crippen LogP contribution >= 0.6 is 15.9 Å². The van der Waals surface area contributed by atoms with E-state index in [-0.39, 0.29) is 23.3 Å². The Morgan fingerprint density at radius 1 is 1.40 bits per heavy atom. The molecule has 1 rings (SSSR count). The molecule has 1 aliphatic rings. The van der Waals surface area contributed by atoms with Gasteiger partial charge >= 0.3 is 0 Å². The van der Waals surface area contributed by atoms with Crippen LogP contribution in [0, 0.1) is 5.92 Å². The maximum absolute atomic E-state index is 11.5. The topological polar surface area (TPSA) is 63.2 Å². The third-order valence-corrected chi connectivity index (χ3v) is 4.79. The first kappa shape index (κ1) is 13.0. The van der Waals surface area contributed by atoms with E-state index >= 15 is 0 Å². The molecule has 0 aromatic rings. The summed E-state index contributed by atoms with van der Waals surface area (Å²) in [6.45, 7) is 0.640. The van der Waals surface area contributed by atoms with E-state index in [2.05, 4.69) is 21.2 Å². The number of alkyl halides is 1. The van der Waals surface area contributed by atoms with E-state index in [1.807, 2.05) is 0 Å². The van der Waals surface area contributed by atoms with Gasteiger partial charge in [-0.2, -0.15) is 0 Å². The number of rotatable bonds is 5. The fourth-order valence-corrected chi connectivity index (χ4v) is 3.72. The van der Waals surface area contributed by atoms with Crippen LogP contribution in [0.15, 0.2) is 0 Å². The number of hydrogen-bond donors (Lipinski definition) is 1. The van der Waals surface area contributed by atoms with Gasteiger partial charge in [0.15, 0.2) is 9.84 Å². The third-order valence-electron chi connectivity index (χ3n) is 2.46. The number of carbonyl (C=O) groups excluding carboxylic acids is 1. The van der Waals surface area contributed by atoms with Gasteiger partial charge in [-0.05, 0) is 19.3 Å². The van der Waals surface area contributed by atoms with Crippen molar-refractivity contribution in [2.45, 2.75) is 19.3 Å². The maximum Gasteiger partial charge on any atom is 0.224 e. The number of amides is 1. The lowest BCUT2D eigenvalue weighted by molar-refractivity contribution is -0.124. The quantitative estimate of drug-likeness (QED) is 0.600. The van der Waals surface area contributed by atoms with Gasteiger partial charge in [-0.3, -0.25) is 4.79 Å². The van der Waals surface area contributed by atoms with Crippen molar-refractivity contribution in [3.05, 3.63) is 0 Å². The van der Waals surface area contributed by atoms with Gasteiger partial charge in [0.2, 0.25) is 5.91 Å². The number of unbranched alkanes of at least 4 members (excludes halogenated alkanes) is 1. The summed E-state index contributed by atoms with van der Waals surface area (Å²) in [6, 6.07) is 0. The van der Waals surface area contributed by atoms with Crippen molar-refractivity contribution < 1.29 is 13.2 Å². The smallest absolute Gasteiger partial charge is 0.224 e. The van der Waals surface area contributed by atoms with Crippen LogP contribution in [0.25, 0.3) is 0 Å². The molecule has 1 saturated heterocycles. The predicted molar refractivity (Wildman–Crippen MR) is 62.8 cm³/mol. The van der Waals surface area contributed by atoms with Crippen molar-refractivity contribution in [1.29, 1.82) is 0 Å². The van der Waals surface area contributed by atoms with Gasteiger partial charge < -0.3 is 5.32 Å². The molecule has 6 heteroatoms. The van der Waals surface area contributed by atoms with Crippen LogP contribution in [0.4, 0.5) is 0 Å². The lowest BCUT2D eigenvalue weighted by Crippen LogP contribution is -2.32. The van der Waals surface area contributed by atoms with E-state index < -0.39 is 9.84 Å². The SMILES string of the molecule is O=C(NCCCCBr)C1CCS(=O)(=O)C1. The highest BCUT2D eigenvalue weighted by atomic mass is 79.9. The second-order valence-electron chi connectivity index (χ2n) is 3.79. The van der Waals surface area contributed by atoms with Crippen molar-refractivity contribution in [3.8, 4) is 0 Å². The lowest BCUT2D eigenvalue weighted by Gasteiger charge is -2.08. The third kappa shape index (κ3) is 4.51. The summed E-state index contributed by atoms with van der Waals surface area (Å²) in [5, 5.41) is 3.70. The number of carbonyl (C=O) groups is 1. The summed E-state index contributed by atoms with van der Waals surface area (Å²) < 4.78 is 22.3. The lowest BCUT2D eigenvalue weighted by atomic mass is 10.1. The molecule has 1 N–H and O–H groups in total. The van der Waals surface area contributed by atoms with Gasteiger partial charge in [0.1, 0.15) is 0 Å². The van der Waals surface area contributed by atoms with Crippen molar-refractivity contribution in [1.82, 2.24) is 5.32 Å². The molecule has 1 fully saturated rings. The van der Waals surface area contributed by atoms with E-state index in [1.54, 1.807) is 0 Å². The summed E-state index contributed by atoms with van der Waals surface area (Å²) in [4.78, 5) is 11.5. The number of sulfone groups is 1. The van der Waals surface area contributed by atoms with Crippen LogP contribution in [0.2, 0.25) is 0 Å². The summed E-state index contributed by atoms with van der Waals surface area (Å²) in [5.74, 6) is -0.242. The Morgan fingerprint density at radius 3 is 2.67 bits per heavy atom. The highest BCUT2D eigenvalue weighted by Gasteiger charge is 2.32. The fraction of sp³-hybridized carbons (Fsp3) is 0.889. The van der Waals surface area contributed by atoms with Crippen LogP contribution in [0.5, 0.6) is 0 Å². The molecule has 15 heavy (non-hydrogen) atoms. The van der Waals surface area contributed by atoms with E-state index in [1.165, 1.54) is 0 Å². The van der Waals surface area contributed by atoms with E-state index in [0.29, 0.717) is 13.0 Å². The van der Waals surface area contributed by atoms with Crippen LogP contribution in [-0.4, -0.2) is 37.7 Å². The van der Waals surface area contributed by atoms with E-state index in [0.717, 1.165) is 18.2 Å². The fourth-order valence-electron chi connectivity index (χ4n) is 1.58. The first-order valence-corrected chi connectivity index (χ1v) is 8.03. The Kier molecular flexibility index (Phi) is 5.05. The van der Waals surface area contributed by atoms with Crippen molar-refractivity contribution in [3.63, 3.8) is 0 Å². The van der Waals surface area contributed by atoms with Gasteiger partial charge in [-0.15, -0.1) is 0 Å². The molecular formula is C9H16BrNO3S. The molecule has 1 amide bonds. The Balaban J connectivity index is 2.24. The normalized spacial score (nSPS) is 23.9. The van der Waals surface area contributed by atoms with E-state index in [9.17, 15) is 13.2 Å². The van der Waals surface area contributed by atoms with Gasteiger partial charge in [0, 0.05) is 11.9 Å². The largest absolute Gasteiger partial charge is 0.356 e. The summed E-state index contributed by atoms with van der Waals surface area (Å²) in [6.07, 6.45) is 2.42. The van der Waals surface area contributed by atoms with Gasteiger partial charge in [-0.25, -0.2) is 8.42 Å². The Morgan fingerprint density at radius 2 is 2.13 bits per heavy atom. The van der Waals surface area contributed by atoms with Gasteiger partial charge in [0.05, 0.1) is 17.4 Å². The van der Waals surface area contributed by atoms with Crippen LogP contribution < -0.4 is 5.32 Å². The molecule has 0 bridgehead atoms. The zero-order valence-electron chi connectivity index (χ0n) is 8.54. The molecule has 1 aliphatic heterocycles. The molecule has 0 aromatic carbocycles. The molecule has 0 spiro atoms. The molecule has 1 heterocycles. The van der Waals surface area contributed by atoms with Crippen LogP contribution in [0.3, 0.4) is 0 Å². The second-order valence-corrected chi connectivity index (χ2v) is 6.81. The standard InChI is InChI=1S/C9H16BrNO3S/c10-4-1-2-5-11-9(12)8-3-6-15(13,14)7-8/h8H,1-7H2,(H,11,12). The second kappa shape index (κ2) is 5.84. The molecule has 0 saturated carbocycles. The number of halogens is 1. The first-order valence-electron chi connectivity index (χ1n) is 5.09. The average Bonchev–Trinajstić information content (AvgIpc) is 2.53. The number of nitrogens with one attached hydrogen (secondary N) is 1. The maximum atomic E-state index is 11.5. The molecule has 4 nitrogen and oxygen atoms in total. The minimum absolute atomic E-state index is 0.0251. The number of hydrogen-bond acceptors (Lipinski definition) is 3. The van der Waals surface area contributed by atoms with E-state index in [4.69, 9.17) is 0 Å². The Labute approximate surface area is 98.9 Å². The molecule has 0 radical (unpaired) electrons. The average molecular weight is 298 g/mol. The van der Waals surface area contributed by atoms with Crippen LogP contribution in [0.1, 0.15) is 19.3 Å². The highest BCUT2D eigenvalue weighted by molar-refractivity contribution is 9.09. The highest BCUT2D eigenvalue weighted by Crippen LogP contribution is 2.18. The zero-order chi connectivity index (χ0) is 11.3. The summed E-state index contributed by atoms with van der Waals surface area (Å²) in [7, 11) is -2.94. The van der Waals surface area contributed by atoms with Gasteiger partial charge in [0.25, 0.3) is 0 Å². The van der Waals surface area contributed by atoms with Crippen molar-refractivity contribution in [2.75, 3.05) is 23.4 Å². The molecule has 0 aliphatic carbocycles. The molecule has 88 valence electrons. The minimum Gasteiger partial charge on any atom is -0.356 e. The summed E-state index contributed by atoms with van der Waals surface area (Å²) in [5.41, 5.74) is 0. The van der Waals surface area contributed by atoms with Crippen molar-refractivity contribution >= 4 is 31.7 Å². The minimum atomic E-state index is -2.94.